The van der Waals surface area contributed by atoms with Crippen molar-refractivity contribution in [1.29, 1.82) is 0 Å². The molecule has 0 aliphatic carbocycles. The van der Waals surface area contributed by atoms with Crippen LogP contribution in [-0.4, -0.2) is 6.03 Å². The molecule has 0 aromatic carbocycles. The Kier molecular flexibility index (Phi) is 11.6. The molecule has 0 radical (unpaired) electrons. The van der Waals surface area contributed by atoms with Gasteiger partial charge in [-0.1, -0.05) is 0 Å². The molecule has 4 N–H and O–H groups in total. The van der Waals surface area contributed by atoms with Crippen molar-refractivity contribution in [2.24, 2.45) is 11.5 Å². The molecular weight excluding hydrogens is 237 g/mol. The zero-order valence-corrected chi connectivity index (χ0v) is 9.05. The molecule has 0 aromatic heterocycles. The molecule has 10 heavy (non-hydrogen) atoms. The molecule has 0 spiro atoms. The molecular formula is CH4CrN2O5Zn. The third-order valence-corrected chi connectivity index (χ3v) is 0. The van der Waals surface area contributed by atoms with E-state index in [1.807, 2.05) is 0 Å². The molecule has 0 atom stereocenters. The quantitative estimate of drug-likeness (QED) is 0.420. The van der Waals surface area contributed by atoms with Gasteiger partial charge in [-0.15, -0.1) is 0 Å². The van der Waals surface area contributed by atoms with Gasteiger partial charge >= 0.3 is 55.0 Å². The molecule has 0 aliphatic heterocycles. The molecule has 0 rings (SSSR count). The molecule has 9 heteroatoms. The largest absolute Gasteiger partial charge is 2.00 e. The molecule has 0 bridgehead atoms. The van der Waals surface area contributed by atoms with Crippen molar-refractivity contribution in [3.05, 3.63) is 0 Å². The van der Waals surface area contributed by atoms with Gasteiger partial charge in [-0.2, -0.15) is 0 Å². The first-order valence-corrected chi connectivity index (χ1v) is 3.53. The van der Waals surface area contributed by atoms with E-state index in [0.717, 1.165) is 0 Å². The van der Waals surface area contributed by atoms with Crippen LogP contribution >= 0.6 is 0 Å². The number of carbonyl (C=O) groups excluding carboxylic acids is 1. The Balaban J connectivity index is -0.0000000910. The van der Waals surface area contributed by atoms with Crippen molar-refractivity contribution < 1.29 is 53.8 Å². The SMILES string of the molecule is NC(N)=O.[O]=[Cr](=[O])([O-])[O-].[Zn+2]. The van der Waals surface area contributed by atoms with Crippen LogP contribution in [0.1, 0.15) is 0 Å². The van der Waals surface area contributed by atoms with Crippen LogP contribution in [0.25, 0.3) is 0 Å². The van der Waals surface area contributed by atoms with Gasteiger partial charge in [0.15, 0.2) is 0 Å². The van der Waals surface area contributed by atoms with Crippen molar-refractivity contribution in [2.45, 2.75) is 0 Å². The molecule has 56 valence electrons. The number of amides is 2. The van der Waals surface area contributed by atoms with Gasteiger partial charge in [-0.25, -0.2) is 4.79 Å². The standard InChI is InChI=1S/CH4N2O.Cr.4O.Zn/c2-1(3)4;;;;;;/h(H4,2,3,4);;;;;;/q;;;;2*-1;+2. The molecule has 0 aromatic rings. The van der Waals surface area contributed by atoms with Crippen LogP contribution in [0, 0.1) is 0 Å². The predicted molar refractivity (Wildman–Crippen MR) is 15.1 cm³/mol. The first-order valence-electron chi connectivity index (χ1n) is 1.45. The average molecular weight is 241 g/mol. The molecule has 2 amide bonds. The predicted octanol–water partition coefficient (Wildman–Crippen LogP) is -3.60. The van der Waals surface area contributed by atoms with E-state index >= 15 is 0 Å². The van der Waals surface area contributed by atoms with Crippen LogP contribution in [0.3, 0.4) is 0 Å². The summed E-state index contributed by atoms with van der Waals surface area (Å²) in [6.45, 7) is 0. The van der Waals surface area contributed by atoms with Gasteiger partial charge in [0.25, 0.3) is 0 Å². The van der Waals surface area contributed by atoms with Crippen LogP contribution in [0.15, 0.2) is 0 Å². The van der Waals surface area contributed by atoms with Crippen LogP contribution in [0.4, 0.5) is 4.79 Å². The molecule has 0 saturated carbocycles. The fourth-order valence-electron chi connectivity index (χ4n) is 0. The zero-order valence-electron chi connectivity index (χ0n) is 4.81. The van der Waals surface area contributed by atoms with Crippen LogP contribution in [0.2, 0.25) is 0 Å². The number of urea groups is 1. The number of hydrogen-bond donors (Lipinski definition) is 2. The third-order valence-electron chi connectivity index (χ3n) is 0. The third kappa shape index (κ3) is 131000. The molecule has 0 heterocycles. The van der Waals surface area contributed by atoms with Gasteiger partial charge in [0, 0.05) is 0 Å². The Labute approximate surface area is 71.5 Å². The minimum Gasteiger partial charge on any atom is 2.00 e. The van der Waals surface area contributed by atoms with Gasteiger partial charge in [-0.05, 0) is 0 Å². The van der Waals surface area contributed by atoms with Crippen molar-refractivity contribution in [2.75, 3.05) is 0 Å². The summed E-state index contributed by atoms with van der Waals surface area (Å²) in [4.78, 5) is 9.00. The fourth-order valence-corrected chi connectivity index (χ4v) is 0. The Hall–Kier alpha value is -0.0542. The Morgan fingerprint density at radius 2 is 1.20 bits per heavy atom. The summed E-state index contributed by atoms with van der Waals surface area (Å²) in [5, 5.41) is 0. The Morgan fingerprint density at radius 3 is 1.20 bits per heavy atom. The van der Waals surface area contributed by atoms with E-state index in [1.54, 1.807) is 0 Å². The summed E-state index contributed by atoms with van der Waals surface area (Å²) >= 11 is -5.75. The first kappa shape index (κ1) is 16.5. The van der Waals surface area contributed by atoms with Crippen LogP contribution < -0.4 is 19.8 Å². The van der Waals surface area contributed by atoms with E-state index in [2.05, 4.69) is 11.5 Å². The summed E-state index contributed by atoms with van der Waals surface area (Å²) in [6, 6.07) is -0.833. The van der Waals surface area contributed by atoms with Gasteiger partial charge < -0.3 is 11.5 Å². The maximum Gasteiger partial charge on any atom is 2.00 e. The summed E-state index contributed by atoms with van der Waals surface area (Å²) < 4.78 is 34.4. The van der Waals surface area contributed by atoms with Gasteiger partial charge in [0.2, 0.25) is 0 Å². The summed E-state index contributed by atoms with van der Waals surface area (Å²) in [5.41, 5.74) is 8.50. The second-order valence-corrected chi connectivity index (χ2v) is 2.09. The van der Waals surface area contributed by atoms with Crippen molar-refractivity contribution in [1.82, 2.24) is 0 Å². The van der Waals surface area contributed by atoms with E-state index in [0.29, 0.717) is 0 Å². The monoisotopic (exact) mass is 240 g/mol. The van der Waals surface area contributed by atoms with Crippen LogP contribution in [0.5, 0.6) is 0 Å². The number of nitrogens with two attached hydrogens (primary N) is 2. The van der Waals surface area contributed by atoms with E-state index in [4.69, 9.17) is 20.7 Å². The molecule has 0 aliphatic rings. The summed E-state index contributed by atoms with van der Waals surface area (Å²) in [6.07, 6.45) is 0. The smallest absolute Gasteiger partial charge is 2.00 e. The minimum atomic E-state index is -5.75. The van der Waals surface area contributed by atoms with E-state index in [-0.39, 0.29) is 19.5 Å². The Morgan fingerprint density at radius 1 is 1.20 bits per heavy atom. The van der Waals surface area contributed by atoms with E-state index in [1.165, 1.54) is 0 Å². The van der Waals surface area contributed by atoms with E-state index < -0.39 is 19.6 Å². The second kappa shape index (κ2) is 7.06. The van der Waals surface area contributed by atoms with Gasteiger partial charge in [0.05, 0.1) is 0 Å². The topological polar surface area (TPSA) is 149 Å². The minimum absolute atomic E-state index is 0. The number of hydrogen-bond acceptors (Lipinski definition) is 5. The maximum atomic E-state index is 9.00. The first-order chi connectivity index (χ1) is 3.73. The normalized spacial score (nSPS) is 8.20. The van der Waals surface area contributed by atoms with Crippen molar-refractivity contribution in [3.63, 3.8) is 0 Å². The molecule has 0 saturated heterocycles. The van der Waals surface area contributed by atoms with Crippen molar-refractivity contribution in [3.8, 4) is 0 Å². The van der Waals surface area contributed by atoms with Gasteiger partial charge in [-0.3, -0.25) is 0 Å². The number of rotatable bonds is 0. The fraction of sp³-hybridized carbons (Fsp3) is 0. The molecule has 0 unspecified atom stereocenters. The summed E-state index contributed by atoms with van der Waals surface area (Å²) in [7, 11) is 0. The zero-order chi connectivity index (χ0) is 8.08. The Bertz CT molecular complexity index is 162. The summed E-state index contributed by atoms with van der Waals surface area (Å²) in [5.74, 6) is 0. The average Bonchev–Trinajstić information content (AvgIpc) is 1.19. The van der Waals surface area contributed by atoms with Crippen molar-refractivity contribution >= 4 is 6.03 Å². The molecule has 7 nitrogen and oxygen atoms in total. The maximum absolute atomic E-state index is 9.00. The molecule has 0 fully saturated rings. The van der Waals surface area contributed by atoms with Crippen LogP contribution in [-0.2, 0) is 40.7 Å². The second-order valence-electron chi connectivity index (χ2n) is 0.811. The number of primary amides is 2. The number of carbonyl (C=O) groups is 1. The van der Waals surface area contributed by atoms with Gasteiger partial charge in [0.1, 0.15) is 0 Å². The van der Waals surface area contributed by atoms with E-state index in [9.17, 15) is 0 Å².